The number of rotatable bonds is 2. The number of nitriles is 1. The number of H-pyrrole nitrogens is 1. The van der Waals surface area contributed by atoms with Gasteiger partial charge in [0, 0.05) is 4.88 Å². The monoisotopic (exact) mass is 273 g/mol. The van der Waals surface area contributed by atoms with E-state index in [0.29, 0.717) is 16.3 Å². The SMILES string of the molecule is N#Cc1c(NC(=O)c2[nH]ncc2N)sc2c1CCC2. The van der Waals surface area contributed by atoms with Gasteiger partial charge in [0.2, 0.25) is 0 Å². The van der Waals surface area contributed by atoms with Crippen molar-refractivity contribution in [3.8, 4) is 6.07 Å². The number of aryl methyl sites for hydroxylation is 1. The zero-order chi connectivity index (χ0) is 13.4. The predicted octanol–water partition coefficient (Wildman–Crippen LogP) is 1.67. The van der Waals surface area contributed by atoms with Crippen molar-refractivity contribution in [3.05, 3.63) is 27.9 Å². The molecular formula is C12H11N5OS. The molecule has 0 atom stereocenters. The minimum Gasteiger partial charge on any atom is -0.396 e. The maximum atomic E-state index is 12.0. The van der Waals surface area contributed by atoms with Crippen LogP contribution in [0.15, 0.2) is 6.20 Å². The number of anilines is 2. The van der Waals surface area contributed by atoms with Gasteiger partial charge in [0.05, 0.1) is 17.4 Å². The molecule has 96 valence electrons. The normalized spacial score (nSPS) is 13.0. The van der Waals surface area contributed by atoms with Gasteiger partial charge in [-0.15, -0.1) is 11.3 Å². The molecule has 0 aliphatic heterocycles. The van der Waals surface area contributed by atoms with Gasteiger partial charge < -0.3 is 11.1 Å². The van der Waals surface area contributed by atoms with Crippen molar-refractivity contribution in [3.63, 3.8) is 0 Å². The second-order valence-corrected chi connectivity index (χ2v) is 5.43. The van der Waals surface area contributed by atoms with Gasteiger partial charge in [-0.05, 0) is 24.8 Å². The summed E-state index contributed by atoms with van der Waals surface area (Å²) in [5, 5.41) is 18.8. The van der Waals surface area contributed by atoms with Crippen LogP contribution in [0.4, 0.5) is 10.7 Å². The first-order valence-electron chi connectivity index (χ1n) is 5.85. The van der Waals surface area contributed by atoms with E-state index in [1.54, 1.807) is 0 Å². The van der Waals surface area contributed by atoms with Crippen LogP contribution in [-0.2, 0) is 12.8 Å². The Balaban J connectivity index is 1.91. The van der Waals surface area contributed by atoms with E-state index in [0.717, 1.165) is 24.8 Å². The third-order valence-electron chi connectivity index (χ3n) is 3.16. The maximum absolute atomic E-state index is 12.0. The van der Waals surface area contributed by atoms with Crippen molar-refractivity contribution in [1.82, 2.24) is 10.2 Å². The summed E-state index contributed by atoms with van der Waals surface area (Å²) in [6.07, 6.45) is 4.36. The van der Waals surface area contributed by atoms with Crippen LogP contribution in [0.5, 0.6) is 0 Å². The molecule has 2 aromatic heterocycles. The van der Waals surface area contributed by atoms with Crippen molar-refractivity contribution in [2.75, 3.05) is 11.1 Å². The molecule has 2 heterocycles. The number of carbonyl (C=O) groups excluding carboxylic acids is 1. The number of nitrogens with one attached hydrogen (secondary N) is 2. The molecule has 6 nitrogen and oxygen atoms in total. The molecule has 0 spiro atoms. The zero-order valence-corrected chi connectivity index (χ0v) is 10.8. The molecule has 3 rings (SSSR count). The van der Waals surface area contributed by atoms with E-state index in [4.69, 9.17) is 5.73 Å². The lowest BCUT2D eigenvalue weighted by Crippen LogP contribution is -2.14. The summed E-state index contributed by atoms with van der Waals surface area (Å²) < 4.78 is 0. The first kappa shape index (κ1) is 11.7. The fourth-order valence-corrected chi connectivity index (χ4v) is 3.49. The number of aromatic nitrogens is 2. The van der Waals surface area contributed by atoms with E-state index in [2.05, 4.69) is 21.6 Å². The summed E-state index contributed by atoms with van der Waals surface area (Å²) in [5.41, 5.74) is 7.80. The number of fused-ring (bicyclic) bond motifs is 1. The quantitative estimate of drug-likeness (QED) is 0.773. The van der Waals surface area contributed by atoms with Crippen LogP contribution in [0, 0.1) is 11.3 Å². The maximum Gasteiger partial charge on any atom is 0.276 e. The summed E-state index contributed by atoms with van der Waals surface area (Å²) >= 11 is 1.48. The molecule has 1 amide bonds. The highest BCUT2D eigenvalue weighted by molar-refractivity contribution is 7.16. The fourth-order valence-electron chi connectivity index (χ4n) is 2.25. The Hall–Kier alpha value is -2.33. The van der Waals surface area contributed by atoms with Gasteiger partial charge in [-0.2, -0.15) is 10.4 Å². The average Bonchev–Trinajstić information content (AvgIpc) is 3.04. The van der Waals surface area contributed by atoms with Crippen LogP contribution in [0.2, 0.25) is 0 Å². The van der Waals surface area contributed by atoms with Crippen molar-refractivity contribution in [1.29, 1.82) is 5.26 Å². The number of aromatic amines is 1. The van der Waals surface area contributed by atoms with Crippen molar-refractivity contribution >= 4 is 27.9 Å². The van der Waals surface area contributed by atoms with E-state index < -0.39 is 0 Å². The lowest BCUT2D eigenvalue weighted by molar-refractivity contribution is 0.102. The van der Waals surface area contributed by atoms with E-state index >= 15 is 0 Å². The van der Waals surface area contributed by atoms with E-state index in [1.807, 2.05) is 0 Å². The van der Waals surface area contributed by atoms with E-state index in [9.17, 15) is 10.1 Å². The van der Waals surface area contributed by atoms with Gasteiger partial charge in [-0.1, -0.05) is 0 Å². The number of nitrogens with two attached hydrogens (primary N) is 1. The Bertz CT molecular complexity index is 694. The van der Waals surface area contributed by atoms with Crippen LogP contribution in [0.25, 0.3) is 0 Å². The third-order valence-corrected chi connectivity index (χ3v) is 4.36. The molecule has 0 aromatic carbocycles. The minimum atomic E-state index is -0.369. The summed E-state index contributed by atoms with van der Waals surface area (Å²) in [6, 6.07) is 2.18. The van der Waals surface area contributed by atoms with Crippen molar-refractivity contribution in [2.24, 2.45) is 0 Å². The first-order chi connectivity index (χ1) is 9.20. The largest absolute Gasteiger partial charge is 0.396 e. The van der Waals surface area contributed by atoms with Gasteiger partial charge in [0.25, 0.3) is 5.91 Å². The molecule has 1 aliphatic carbocycles. The summed E-state index contributed by atoms with van der Waals surface area (Å²) in [7, 11) is 0. The number of nitrogen functional groups attached to an aromatic ring is 1. The Morgan fingerprint density at radius 3 is 3.11 bits per heavy atom. The topological polar surface area (TPSA) is 108 Å². The molecule has 4 N–H and O–H groups in total. The Morgan fingerprint density at radius 1 is 1.58 bits per heavy atom. The minimum absolute atomic E-state index is 0.220. The van der Waals surface area contributed by atoms with Gasteiger partial charge in [0.1, 0.15) is 16.8 Å². The smallest absolute Gasteiger partial charge is 0.276 e. The second-order valence-electron chi connectivity index (χ2n) is 4.33. The molecular weight excluding hydrogens is 262 g/mol. The lowest BCUT2D eigenvalue weighted by atomic mass is 10.1. The van der Waals surface area contributed by atoms with Crippen LogP contribution in [-0.4, -0.2) is 16.1 Å². The molecule has 0 fully saturated rings. The summed E-state index contributed by atoms with van der Waals surface area (Å²) in [4.78, 5) is 13.2. The third kappa shape index (κ3) is 1.86. The van der Waals surface area contributed by atoms with Crippen molar-refractivity contribution < 1.29 is 4.79 Å². The molecule has 0 unspecified atom stereocenters. The highest BCUT2D eigenvalue weighted by Gasteiger charge is 2.24. The molecule has 19 heavy (non-hydrogen) atoms. The average molecular weight is 273 g/mol. The summed E-state index contributed by atoms with van der Waals surface area (Å²) in [6.45, 7) is 0. The molecule has 0 radical (unpaired) electrons. The van der Waals surface area contributed by atoms with E-state index in [1.165, 1.54) is 22.4 Å². The van der Waals surface area contributed by atoms with Gasteiger partial charge in [0.15, 0.2) is 0 Å². The Labute approximate surface area is 113 Å². The van der Waals surface area contributed by atoms with Crippen LogP contribution in [0.1, 0.15) is 32.9 Å². The number of hydrogen-bond donors (Lipinski definition) is 3. The number of carbonyl (C=O) groups is 1. The molecule has 1 aliphatic rings. The van der Waals surface area contributed by atoms with Crippen LogP contribution in [0.3, 0.4) is 0 Å². The highest BCUT2D eigenvalue weighted by Crippen LogP contribution is 2.38. The predicted molar refractivity (Wildman–Crippen MR) is 72.0 cm³/mol. The fraction of sp³-hybridized carbons (Fsp3) is 0.250. The molecule has 2 aromatic rings. The first-order valence-corrected chi connectivity index (χ1v) is 6.67. The number of hydrogen-bond acceptors (Lipinski definition) is 5. The molecule has 0 saturated heterocycles. The van der Waals surface area contributed by atoms with Crippen LogP contribution < -0.4 is 11.1 Å². The van der Waals surface area contributed by atoms with Crippen LogP contribution >= 0.6 is 11.3 Å². The number of thiophene rings is 1. The zero-order valence-electron chi connectivity index (χ0n) is 9.99. The van der Waals surface area contributed by atoms with Gasteiger partial charge >= 0.3 is 0 Å². The number of nitrogens with zero attached hydrogens (tertiary/aromatic N) is 2. The number of amides is 1. The molecule has 0 saturated carbocycles. The standard InChI is InChI=1S/C12H11N5OS/c13-4-7-6-2-1-3-9(6)19-12(7)16-11(18)10-8(14)5-15-17-10/h5H,1-3,14H2,(H,15,17)(H,16,18). The Kier molecular flexibility index (Phi) is 2.72. The van der Waals surface area contributed by atoms with Crippen molar-refractivity contribution in [2.45, 2.75) is 19.3 Å². The Morgan fingerprint density at radius 2 is 2.42 bits per heavy atom. The second kappa shape index (κ2) is 4.40. The molecule has 7 heteroatoms. The van der Waals surface area contributed by atoms with Gasteiger partial charge in [-0.25, -0.2) is 0 Å². The molecule has 0 bridgehead atoms. The van der Waals surface area contributed by atoms with E-state index in [-0.39, 0.29) is 11.6 Å². The lowest BCUT2D eigenvalue weighted by Gasteiger charge is -2.02. The summed E-state index contributed by atoms with van der Waals surface area (Å²) in [5.74, 6) is -0.369. The van der Waals surface area contributed by atoms with Gasteiger partial charge in [-0.3, -0.25) is 9.89 Å². The highest BCUT2D eigenvalue weighted by atomic mass is 32.1.